The van der Waals surface area contributed by atoms with Crippen molar-refractivity contribution in [3.8, 4) is 0 Å². The lowest BCUT2D eigenvalue weighted by molar-refractivity contribution is 0.0473. The Kier molecular flexibility index (Phi) is 6.96. The van der Waals surface area contributed by atoms with Gasteiger partial charge in [-0.25, -0.2) is 17.9 Å². The molecule has 3 rings (SSSR count). The third kappa shape index (κ3) is 5.93. The van der Waals surface area contributed by atoms with Gasteiger partial charge in [-0.15, -0.1) is 0 Å². The van der Waals surface area contributed by atoms with Gasteiger partial charge in [0.1, 0.15) is 0 Å². The second kappa shape index (κ2) is 9.50. The Balaban J connectivity index is 1.55. The Morgan fingerprint density at radius 1 is 0.969 bits per heavy atom. The number of hydrogen-bond donors (Lipinski definition) is 2. The standard InChI is InChI=1S/C24H26N2O5S/c1-24(2,3)19-10-12-20(13-11-19)32(29,30)26-15-17-6-8-18(9-7-17)23(28)31-16-22(27)21-5-4-14-25-21/h4-14,25-26H,15-16H2,1-3H3. The predicted molar refractivity (Wildman–Crippen MR) is 121 cm³/mol. The number of sulfonamides is 1. The quantitative estimate of drug-likeness (QED) is 0.398. The number of Topliss-reactive ketones (excluding diaryl/α,β-unsaturated/α-hetero) is 1. The first-order valence-corrected chi connectivity index (χ1v) is 11.6. The van der Waals surface area contributed by atoms with Gasteiger partial charge in [0, 0.05) is 12.7 Å². The number of H-pyrrole nitrogens is 1. The summed E-state index contributed by atoms with van der Waals surface area (Å²) in [5.41, 5.74) is 2.31. The smallest absolute Gasteiger partial charge is 0.338 e. The van der Waals surface area contributed by atoms with E-state index in [-0.39, 0.29) is 34.8 Å². The number of ether oxygens (including phenoxy) is 1. The minimum Gasteiger partial charge on any atom is -0.454 e. The van der Waals surface area contributed by atoms with E-state index in [0.29, 0.717) is 11.3 Å². The number of rotatable bonds is 8. The summed E-state index contributed by atoms with van der Waals surface area (Å²) >= 11 is 0. The van der Waals surface area contributed by atoms with Gasteiger partial charge in [-0.1, -0.05) is 45.0 Å². The lowest BCUT2D eigenvalue weighted by Crippen LogP contribution is -2.23. The van der Waals surface area contributed by atoms with Crippen molar-refractivity contribution in [2.75, 3.05) is 6.61 Å². The fraction of sp³-hybridized carbons (Fsp3) is 0.250. The third-order valence-corrected chi connectivity index (χ3v) is 6.34. The van der Waals surface area contributed by atoms with E-state index in [1.165, 1.54) is 12.1 Å². The lowest BCUT2D eigenvalue weighted by Gasteiger charge is -2.19. The van der Waals surface area contributed by atoms with E-state index < -0.39 is 16.0 Å². The summed E-state index contributed by atoms with van der Waals surface area (Å²) in [4.78, 5) is 27.0. The molecule has 0 aliphatic rings. The number of esters is 1. The maximum atomic E-state index is 12.6. The van der Waals surface area contributed by atoms with Crippen molar-refractivity contribution < 1.29 is 22.7 Å². The van der Waals surface area contributed by atoms with Crippen LogP contribution in [0.25, 0.3) is 0 Å². The molecule has 168 valence electrons. The molecule has 0 unspecified atom stereocenters. The van der Waals surface area contributed by atoms with Gasteiger partial charge in [-0.3, -0.25) is 4.79 Å². The average Bonchev–Trinajstić information content (AvgIpc) is 3.31. The Labute approximate surface area is 187 Å². The summed E-state index contributed by atoms with van der Waals surface area (Å²) in [6, 6.07) is 16.4. The summed E-state index contributed by atoms with van der Waals surface area (Å²) in [5, 5.41) is 0. The molecule has 0 atom stereocenters. The topological polar surface area (TPSA) is 105 Å². The Morgan fingerprint density at radius 2 is 1.62 bits per heavy atom. The molecule has 0 bridgehead atoms. The van der Waals surface area contributed by atoms with Crippen LogP contribution >= 0.6 is 0 Å². The first-order valence-electron chi connectivity index (χ1n) is 10.1. The largest absolute Gasteiger partial charge is 0.454 e. The van der Waals surface area contributed by atoms with E-state index >= 15 is 0 Å². The minimum absolute atomic E-state index is 0.0617. The summed E-state index contributed by atoms with van der Waals surface area (Å²) in [5.74, 6) is -0.958. The molecule has 2 N–H and O–H groups in total. The molecular formula is C24H26N2O5S. The highest BCUT2D eigenvalue weighted by atomic mass is 32.2. The SMILES string of the molecule is CC(C)(C)c1ccc(S(=O)(=O)NCc2ccc(C(=O)OCC(=O)c3ccc[nH]3)cc2)cc1. The molecule has 0 saturated heterocycles. The summed E-state index contributed by atoms with van der Waals surface area (Å²) in [7, 11) is -3.67. The van der Waals surface area contributed by atoms with Crippen molar-refractivity contribution >= 4 is 21.8 Å². The van der Waals surface area contributed by atoms with Gasteiger partial charge in [-0.05, 0) is 52.9 Å². The molecule has 1 aromatic heterocycles. The van der Waals surface area contributed by atoms with Crippen LogP contribution in [0.3, 0.4) is 0 Å². The molecule has 0 fully saturated rings. The van der Waals surface area contributed by atoms with Crippen LogP contribution < -0.4 is 4.72 Å². The molecule has 32 heavy (non-hydrogen) atoms. The number of hydrogen-bond acceptors (Lipinski definition) is 5. The van der Waals surface area contributed by atoms with Gasteiger partial charge < -0.3 is 9.72 Å². The van der Waals surface area contributed by atoms with E-state index in [9.17, 15) is 18.0 Å². The number of carbonyl (C=O) groups excluding carboxylic acids is 2. The molecule has 0 aliphatic carbocycles. The number of nitrogens with one attached hydrogen (secondary N) is 2. The van der Waals surface area contributed by atoms with Crippen LogP contribution in [0.1, 0.15) is 52.7 Å². The van der Waals surface area contributed by atoms with Crippen LogP contribution in [-0.2, 0) is 26.7 Å². The fourth-order valence-electron chi connectivity index (χ4n) is 2.95. The maximum absolute atomic E-state index is 12.6. The van der Waals surface area contributed by atoms with Crippen molar-refractivity contribution in [3.05, 3.63) is 89.2 Å². The molecule has 8 heteroatoms. The van der Waals surface area contributed by atoms with Crippen molar-refractivity contribution in [2.45, 2.75) is 37.6 Å². The Morgan fingerprint density at radius 3 is 2.19 bits per heavy atom. The number of aromatic nitrogens is 1. The maximum Gasteiger partial charge on any atom is 0.338 e. The molecule has 0 radical (unpaired) electrons. The van der Waals surface area contributed by atoms with Crippen molar-refractivity contribution in [2.24, 2.45) is 0 Å². The van der Waals surface area contributed by atoms with Crippen LogP contribution in [0, 0.1) is 0 Å². The Bertz CT molecular complexity index is 1170. The van der Waals surface area contributed by atoms with Crippen LogP contribution in [0.15, 0.2) is 71.8 Å². The molecule has 3 aromatic rings. The first kappa shape index (κ1) is 23.4. The molecule has 0 spiro atoms. The van der Waals surface area contributed by atoms with E-state index in [0.717, 1.165) is 5.56 Å². The van der Waals surface area contributed by atoms with E-state index in [2.05, 4.69) is 30.5 Å². The number of aromatic amines is 1. The second-order valence-corrected chi connectivity index (χ2v) is 10.1. The number of ketones is 1. The van der Waals surface area contributed by atoms with Crippen LogP contribution in [0.2, 0.25) is 0 Å². The average molecular weight is 455 g/mol. The number of carbonyl (C=O) groups is 2. The molecule has 7 nitrogen and oxygen atoms in total. The Hall–Kier alpha value is -3.23. The summed E-state index contributed by atoms with van der Waals surface area (Å²) in [6.07, 6.45) is 1.61. The third-order valence-electron chi connectivity index (χ3n) is 4.92. The van der Waals surface area contributed by atoms with Gasteiger partial charge in [0.15, 0.2) is 6.61 Å². The highest BCUT2D eigenvalue weighted by Crippen LogP contribution is 2.23. The fourth-order valence-corrected chi connectivity index (χ4v) is 3.97. The highest BCUT2D eigenvalue weighted by molar-refractivity contribution is 7.89. The second-order valence-electron chi connectivity index (χ2n) is 8.38. The van der Waals surface area contributed by atoms with E-state index in [1.807, 2.05) is 12.1 Å². The van der Waals surface area contributed by atoms with E-state index in [1.54, 1.807) is 42.6 Å². The minimum atomic E-state index is -3.67. The normalized spacial score (nSPS) is 11.8. The zero-order chi connectivity index (χ0) is 23.4. The van der Waals surface area contributed by atoms with Gasteiger partial charge in [0.25, 0.3) is 0 Å². The van der Waals surface area contributed by atoms with Crippen molar-refractivity contribution in [1.82, 2.24) is 9.71 Å². The van der Waals surface area contributed by atoms with Gasteiger partial charge >= 0.3 is 5.97 Å². The number of benzene rings is 2. The molecule has 0 amide bonds. The van der Waals surface area contributed by atoms with Gasteiger partial charge in [-0.2, -0.15) is 0 Å². The van der Waals surface area contributed by atoms with Crippen molar-refractivity contribution in [3.63, 3.8) is 0 Å². The van der Waals surface area contributed by atoms with E-state index in [4.69, 9.17) is 4.74 Å². The van der Waals surface area contributed by atoms with Crippen LogP contribution in [0.4, 0.5) is 0 Å². The first-order chi connectivity index (χ1) is 15.1. The molecule has 0 aliphatic heterocycles. The summed E-state index contributed by atoms with van der Waals surface area (Å²) < 4.78 is 32.7. The zero-order valence-corrected chi connectivity index (χ0v) is 19.0. The van der Waals surface area contributed by atoms with Crippen molar-refractivity contribution in [1.29, 1.82) is 0 Å². The van der Waals surface area contributed by atoms with Crippen LogP contribution in [0.5, 0.6) is 0 Å². The lowest BCUT2D eigenvalue weighted by atomic mass is 9.87. The molecule has 1 heterocycles. The predicted octanol–water partition coefficient (Wildman–Crippen LogP) is 3.83. The molecule has 2 aromatic carbocycles. The molecule has 0 saturated carbocycles. The molecular weight excluding hydrogens is 428 g/mol. The zero-order valence-electron chi connectivity index (χ0n) is 18.2. The highest BCUT2D eigenvalue weighted by Gasteiger charge is 2.18. The van der Waals surface area contributed by atoms with Crippen LogP contribution in [-0.4, -0.2) is 31.8 Å². The van der Waals surface area contributed by atoms with Gasteiger partial charge in [0.2, 0.25) is 15.8 Å². The van der Waals surface area contributed by atoms with Gasteiger partial charge in [0.05, 0.1) is 16.2 Å². The monoisotopic (exact) mass is 454 g/mol. The summed E-state index contributed by atoms with van der Waals surface area (Å²) in [6.45, 7) is 5.90.